The lowest BCUT2D eigenvalue weighted by molar-refractivity contribution is -0.120. The Balaban J connectivity index is 4.49. The molecule has 0 aliphatic carbocycles. The zero-order valence-corrected chi connectivity index (χ0v) is 7.22. The summed E-state index contributed by atoms with van der Waals surface area (Å²) in [5, 5.41) is 3.15. The molecule has 0 aromatic carbocycles. The van der Waals surface area contributed by atoms with Crippen molar-refractivity contribution in [3.63, 3.8) is 0 Å². The van der Waals surface area contributed by atoms with Gasteiger partial charge in [0.2, 0.25) is 5.78 Å². The Hall–Kier alpha value is -1.06. The number of ketones is 1. The molecular weight excluding hydrogens is 142 g/mol. The molecule has 0 heterocycles. The Labute approximate surface area is 66.6 Å². The van der Waals surface area contributed by atoms with Crippen LogP contribution in [0.2, 0.25) is 0 Å². The highest BCUT2D eigenvalue weighted by atomic mass is 16.1. The number of hydrogen-bond donors (Lipinski definition) is 2. The Bertz CT molecular complexity index is 184. The number of Topliss-reactive ketones (excluding diaryl/α,β-unsaturated/α-hetero) is 1. The summed E-state index contributed by atoms with van der Waals surface area (Å²) in [6, 6.07) is 0. The molecule has 4 N–H and O–H groups in total. The zero-order chi connectivity index (χ0) is 9.07. The Kier molecular flexibility index (Phi) is 3.04. The molecule has 0 spiro atoms. The Morgan fingerprint density at radius 2 is 2.00 bits per heavy atom. The van der Waals surface area contributed by atoms with Crippen molar-refractivity contribution in [2.75, 3.05) is 0 Å². The van der Waals surface area contributed by atoms with Gasteiger partial charge >= 0.3 is 0 Å². The second-order valence-corrected chi connectivity index (χ2v) is 3.08. The average molecular weight is 157 g/mol. The lowest BCUT2D eigenvalue weighted by Gasteiger charge is -2.19. The van der Waals surface area contributed by atoms with E-state index in [0.717, 1.165) is 6.42 Å². The first-order chi connectivity index (χ1) is 4.95. The van der Waals surface area contributed by atoms with E-state index in [1.807, 2.05) is 20.8 Å². The van der Waals surface area contributed by atoms with Crippen LogP contribution in [0.25, 0.3) is 0 Å². The minimum Gasteiger partial charge on any atom is -0.379 e. The van der Waals surface area contributed by atoms with E-state index in [1.54, 1.807) is 0 Å². The summed E-state index contributed by atoms with van der Waals surface area (Å²) < 4.78 is 0. The molecule has 0 aromatic heterocycles. The third-order valence-corrected chi connectivity index (χ3v) is 1.87. The van der Waals surface area contributed by atoms with Crippen molar-refractivity contribution >= 4 is 11.6 Å². The highest BCUT2D eigenvalue weighted by molar-refractivity contribution is 6.39. The molecule has 0 amide bonds. The van der Waals surface area contributed by atoms with E-state index in [-0.39, 0.29) is 11.6 Å². The van der Waals surface area contributed by atoms with E-state index < -0.39 is 5.41 Å². The van der Waals surface area contributed by atoms with Crippen LogP contribution in [0.5, 0.6) is 0 Å². The Morgan fingerprint density at radius 1 is 1.55 bits per heavy atom. The molecule has 0 radical (unpaired) electrons. The molecule has 0 atom stereocenters. The van der Waals surface area contributed by atoms with Gasteiger partial charge in [-0.2, -0.15) is 5.10 Å². The van der Waals surface area contributed by atoms with Crippen molar-refractivity contribution in [1.29, 1.82) is 0 Å². The molecule has 0 rings (SSSR count). The smallest absolute Gasteiger partial charge is 0.204 e. The third kappa shape index (κ3) is 2.22. The van der Waals surface area contributed by atoms with Gasteiger partial charge in [0.15, 0.2) is 5.84 Å². The van der Waals surface area contributed by atoms with Gasteiger partial charge in [0.25, 0.3) is 0 Å². The number of hydrogen-bond acceptors (Lipinski definition) is 3. The van der Waals surface area contributed by atoms with Crippen LogP contribution in [0.15, 0.2) is 5.10 Å². The van der Waals surface area contributed by atoms with Gasteiger partial charge in [0.1, 0.15) is 0 Å². The highest BCUT2D eigenvalue weighted by Gasteiger charge is 2.27. The van der Waals surface area contributed by atoms with Gasteiger partial charge in [-0.05, 0) is 6.42 Å². The van der Waals surface area contributed by atoms with E-state index in [4.69, 9.17) is 11.6 Å². The molecule has 4 heteroatoms. The summed E-state index contributed by atoms with van der Waals surface area (Å²) in [5.41, 5.74) is 4.80. The normalized spacial score (nSPS) is 13.2. The maximum absolute atomic E-state index is 11.3. The second-order valence-electron chi connectivity index (χ2n) is 3.08. The average Bonchev–Trinajstić information content (AvgIpc) is 2.01. The summed E-state index contributed by atoms with van der Waals surface area (Å²) in [4.78, 5) is 11.3. The molecule has 4 nitrogen and oxygen atoms in total. The molecule has 0 saturated heterocycles. The van der Waals surface area contributed by atoms with Gasteiger partial charge in [0.05, 0.1) is 0 Å². The monoisotopic (exact) mass is 157 g/mol. The molecule has 0 fully saturated rings. The van der Waals surface area contributed by atoms with Gasteiger partial charge in [-0.3, -0.25) is 4.79 Å². The number of nitrogens with zero attached hydrogens (tertiary/aromatic N) is 1. The quantitative estimate of drug-likeness (QED) is 0.266. The van der Waals surface area contributed by atoms with Crippen LogP contribution in [-0.4, -0.2) is 11.6 Å². The van der Waals surface area contributed by atoms with Crippen LogP contribution < -0.4 is 11.6 Å². The van der Waals surface area contributed by atoms with Gasteiger partial charge in [-0.1, -0.05) is 20.8 Å². The first-order valence-corrected chi connectivity index (χ1v) is 3.54. The molecule has 0 aliphatic heterocycles. The fraction of sp³-hybridized carbons (Fsp3) is 0.714. The Morgan fingerprint density at radius 3 is 2.27 bits per heavy atom. The van der Waals surface area contributed by atoms with Crippen molar-refractivity contribution < 1.29 is 4.79 Å². The topological polar surface area (TPSA) is 81.5 Å². The largest absolute Gasteiger partial charge is 0.379 e. The number of rotatable bonds is 3. The first kappa shape index (κ1) is 9.94. The fourth-order valence-corrected chi connectivity index (χ4v) is 0.566. The van der Waals surface area contributed by atoms with Gasteiger partial charge in [0, 0.05) is 5.41 Å². The van der Waals surface area contributed by atoms with Crippen LogP contribution in [0.1, 0.15) is 27.2 Å². The molecule has 0 saturated carbocycles. The molecule has 0 aliphatic rings. The maximum atomic E-state index is 11.3. The summed E-state index contributed by atoms with van der Waals surface area (Å²) in [5.74, 6) is 4.57. The summed E-state index contributed by atoms with van der Waals surface area (Å²) >= 11 is 0. The highest BCUT2D eigenvalue weighted by Crippen LogP contribution is 2.20. The zero-order valence-electron chi connectivity index (χ0n) is 7.22. The second kappa shape index (κ2) is 3.37. The lowest BCUT2D eigenvalue weighted by atomic mass is 9.85. The van der Waals surface area contributed by atoms with Gasteiger partial charge in [-0.25, -0.2) is 0 Å². The first-order valence-electron chi connectivity index (χ1n) is 3.54. The van der Waals surface area contributed by atoms with E-state index in [0.29, 0.717) is 0 Å². The standard InChI is InChI=1S/C7H15N3O/c1-4-7(2,3)5(11)6(8)10-9/h4,9H2,1-3H3,(H2,8,10). The van der Waals surface area contributed by atoms with Crippen LogP contribution in [0.3, 0.4) is 0 Å². The lowest BCUT2D eigenvalue weighted by Crippen LogP contribution is -2.36. The third-order valence-electron chi connectivity index (χ3n) is 1.87. The number of carbonyl (C=O) groups excluding carboxylic acids is 1. The SMILES string of the molecule is CCC(C)(C)C(=O)/C(N)=N/N. The van der Waals surface area contributed by atoms with Crippen molar-refractivity contribution in [2.45, 2.75) is 27.2 Å². The van der Waals surface area contributed by atoms with E-state index >= 15 is 0 Å². The number of amidine groups is 1. The van der Waals surface area contributed by atoms with Crippen molar-refractivity contribution in [3.05, 3.63) is 0 Å². The molecule has 0 unspecified atom stereocenters. The number of nitrogens with two attached hydrogens (primary N) is 2. The summed E-state index contributed by atoms with van der Waals surface area (Å²) in [6.45, 7) is 5.54. The number of carbonyl (C=O) groups is 1. The minimum absolute atomic E-state index is 0.100. The van der Waals surface area contributed by atoms with Crippen LogP contribution in [0, 0.1) is 5.41 Å². The van der Waals surface area contributed by atoms with Crippen molar-refractivity contribution in [1.82, 2.24) is 0 Å². The van der Waals surface area contributed by atoms with E-state index in [2.05, 4.69) is 5.10 Å². The van der Waals surface area contributed by atoms with Gasteiger partial charge < -0.3 is 11.6 Å². The van der Waals surface area contributed by atoms with Crippen molar-refractivity contribution in [3.8, 4) is 0 Å². The minimum atomic E-state index is -0.451. The van der Waals surface area contributed by atoms with Crippen LogP contribution >= 0.6 is 0 Å². The predicted octanol–water partition coefficient (Wildman–Crippen LogP) is 0.223. The maximum Gasteiger partial charge on any atom is 0.204 e. The van der Waals surface area contributed by atoms with Crippen LogP contribution in [-0.2, 0) is 4.79 Å². The van der Waals surface area contributed by atoms with Gasteiger partial charge in [-0.15, -0.1) is 0 Å². The van der Waals surface area contributed by atoms with E-state index in [1.165, 1.54) is 0 Å². The summed E-state index contributed by atoms with van der Waals surface area (Å²) in [7, 11) is 0. The molecule has 11 heavy (non-hydrogen) atoms. The molecule has 0 bridgehead atoms. The molecule has 0 aromatic rings. The number of hydrazone groups is 1. The molecule has 64 valence electrons. The van der Waals surface area contributed by atoms with Crippen molar-refractivity contribution in [2.24, 2.45) is 22.1 Å². The predicted molar refractivity (Wildman–Crippen MR) is 44.9 cm³/mol. The molecular formula is C7H15N3O. The fourth-order valence-electron chi connectivity index (χ4n) is 0.566. The summed E-state index contributed by atoms with van der Waals surface area (Å²) in [6.07, 6.45) is 0.724. The van der Waals surface area contributed by atoms with Crippen LogP contribution in [0.4, 0.5) is 0 Å². The van der Waals surface area contributed by atoms with E-state index in [9.17, 15) is 4.79 Å².